The third-order valence-electron chi connectivity index (χ3n) is 5.45. The molecule has 1 saturated carbocycles. The lowest BCUT2D eigenvalue weighted by molar-refractivity contribution is 0.410. The Morgan fingerprint density at radius 1 is 1.03 bits per heavy atom. The number of halogens is 3. The Bertz CT molecular complexity index is 1050. The molecule has 0 aliphatic heterocycles. The summed E-state index contributed by atoms with van der Waals surface area (Å²) in [6, 6.07) is 12.6. The minimum absolute atomic E-state index is 0.275. The highest BCUT2D eigenvalue weighted by Gasteiger charge is 2.19. The number of hydrogen-bond donors (Lipinski definition) is 3. The number of nitrogens with zero attached hydrogens (tertiary/aromatic N) is 2. The Hall–Kier alpha value is -2.41. The van der Waals surface area contributed by atoms with Gasteiger partial charge in [-0.15, -0.1) is 0 Å². The van der Waals surface area contributed by atoms with Gasteiger partial charge in [-0.25, -0.2) is 14.4 Å². The van der Waals surface area contributed by atoms with Gasteiger partial charge in [0.2, 0.25) is 0 Å². The lowest BCUT2D eigenvalue weighted by Gasteiger charge is -2.27. The van der Waals surface area contributed by atoms with E-state index in [1.54, 1.807) is 18.3 Å². The van der Waals surface area contributed by atoms with E-state index in [1.807, 2.05) is 18.2 Å². The quantitative estimate of drug-likeness (QED) is 0.401. The average molecular weight is 460 g/mol. The summed E-state index contributed by atoms with van der Waals surface area (Å²) < 4.78 is 13.4. The fourth-order valence-corrected chi connectivity index (χ4v) is 4.22. The molecule has 0 unspecified atom stereocenters. The maximum Gasteiger partial charge on any atom is 0.132 e. The number of benzene rings is 1. The average Bonchev–Trinajstić information content (AvgIpc) is 2.75. The lowest BCUT2D eigenvalue weighted by Crippen LogP contribution is -2.33. The van der Waals surface area contributed by atoms with Gasteiger partial charge in [-0.1, -0.05) is 35.3 Å². The summed E-state index contributed by atoms with van der Waals surface area (Å²) in [5, 5.41) is 7.55. The first-order chi connectivity index (χ1) is 15.0. The van der Waals surface area contributed by atoms with Crippen molar-refractivity contribution in [1.29, 1.82) is 0 Å². The first kappa shape index (κ1) is 21.8. The number of nitrogens with two attached hydrogens (primary N) is 1. The first-order valence-electron chi connectivity index (χ1n) is 10.3. The summed E-state index contributed by atoms with van der Waals surface area (Å²) in [4.78, 5) is 8.76. The standard InChI is InChI=1S/C23H24Cl2FN5/c24-20-13-29-23(30-18-6-4-17(27)5-7-18)11-19(20)15-9-21(25)31-22(10-15)28-12-14-2-1-3-16(26)8-14/h1-3,8-11,13,17-18H,4-7,12,27H2,(H,28,31)(H,29,30). The summed E-state index contributed by atoms with van der Waals surface area (Å²) in [5.74, 6) is 1.07. The highest BCUT2D eigenvalue weighted by atomic mass is 35.5. The predicted molar refractivity (Wildman–Crippen MR) is 125 cm³/mol. The molecular formula is C23H24Cl2FN5. The van der Waals surface area contributed by atoms with Gasteiger partial charge in [0.1, 0.15) is 22.6 Å². The minimum atomic E-state index is -0.275. The summed E-state index contributed by atoms with van der Waals surface area (Å²) in [7, 11) is 0. The van der Waals surface area contributed by atoms with Gasteiger partial charge in [-0.05, 0) is 67.1 Å². The van der Waals surface area contributed by atoms with Crippen LogP contribution in [0.4, 0.5) is 16.0 Å². The number of hydrogen-bond acceptors (Lipinski definition) is 5. The molecule has 2 aromatic heterocycles. The molecule has 1 aliphatic rings. The molecule has 3 aromatic rings. The molecule has 8 heteroatoms. The van der Waals surface area contributed by atoms with E-state index in [1.165, 1.54) is 12.1 Å². The Morgan fingerprint density at radius 2 is 1.84 bits per heavy atom. The topological polar surface area (TPSA) is 75.9 Å². The Morgan fingerprint density at radius 3 is 2.61 bits per heavy atom. The fourth-order valence-electron chi connectivity index (χ4n) is 3.79. The summed E-state index contributed by atoms with van der Waals surface area (Å²) >= 11 is 12.7. The molecule has 2 heterocycles. The van der Waals surface area contributed by atoms with Crippen LogP contribution in [0.1, 0.15) is 31.2 Å². The van der Waals surface area contributed by atoms with E-state index in [-0.39, 0.29) is 5.82 Å². The molecule has 1 fully saturated rings. The predicted octanol–water partition coefficient (Wildman–Crippen LogP) is 5.88. The zero-order valence-corrected chi connectivity index (χ0v) is 18.4. The molecule has 0 saturated heterocycles. The number of pyridine rings is 2. The van der Waals surface area contributed by atoms with Crippen LogP contribution >= 0.6 is 23.2 Å². The van der Waals surface area contributed by atoms with Gasteiger partial charge in [-0.3, -0.25) is 0 Å². The SMILES string of the molecule is NC1CCC(Nc2cc(-c3cc(Cl)nc(NCc4cccc(F)c4)c3)c(Cl)cn2)CC1. The van der Waals surface area contributed by atoms with E-state index in [0.29, 0.717) is 34.6 Å². The third kappa shape index (κ3) is 5.85. The maximum atomic E-state index is 13.4. The molecule has 1 aromatic carbocycles. The van der Waals surface area contributed by atoms with E-state index in [9.17, 15) is 4.39 Å². The van der Waals surface area contributed by atoms with Crippen molar-refractivity contribution in [2.45, 2.75) is 44.3 Å². The Labute approximate surface area is 191 Å². The second-order valence-corrected chi connectivity index (χ2v) is 8.65. The van der Waals surface area contributed by atoms with Crippen molar-refractivity contribution in [2.24, 2.45) is 5.73 Å². The van der Waals surface area contributed by atoms with E-state index in [4.69, 9.17) is 28.9 Å². The van der Waals surface area contributed by atoms with Crippen LogP contribution in [-0.2, 0) is 6.54 Å². The van der Waals surface area contributed by atoms with Gasteiger partial charge >= 0.3 is 0 Å². The molecule has 0 radical (unpaired) electrons. The molecule has 0 atom stereocenters. The van der Waals surface area contributed by atoms with Gasteiger partial charge in [0.25, 0.3) is 0 Å². The van der Waals surface area contributed by atoms with E-state index in [0.717, 1.165) is 48.2 Å². The third-order valence-corrected chi connectivity index (χ3v) is 5.94. The molecule has 0 spiro atoms. The number of anilines is 2. The fraction of sp³-hybridized carbons (Fsp3) is 0.304. The maximum absolute atomic E-state index is 13.4. The van der Waals surface area contributed by atoms with Crippen molar-refractivity contribution in [3.05, 3.63) is 70.2 Å². The molecule has 0 bridgehead atoms. The largest absolute Gasteiger partial charge is 0.367 e. The molecular weight excluding hydrogens is 436 g/mol. The highest BCUT2D eigenvalue weighted by molar-refractivity contribution is 6.33. The molecule has 0 amide bonds. The van der Waals surface area contributed by atoms with Crippen molar-refractivity contribution in [2.75, 3.05) is 10.6 Å². The molecule has 4 N–H and O–H groups in total. The van der Waals surface area contributed by atoms with E-state index < -0.39 is 0 Å². The summed E-state index contributed by atoms with van der Waals surface area (Å²) in [5.41, 5.74) is 8.45. The highest BCUT2D eigenvalue weighted by Crippen LogP contribution is 2.33. The van der Waals surface area contributed by atoms with Crippen molar-refractivity contribution >= 4 is 34.8 Å². The monoisotopic (exact) mass is 459 g/mol. The van der Waals surface area contributed by atoms with Gasteiger partial charge in [-0.2, -0.15) is 0 Å². The number of aromatic nitrogens is 2. The van der Waals surface area contributed by atoms with Gasteiger partial charge in [0.15, 0.2) is 0 Å². The van der Waals surface area contributed by atoms with E-state index in [2.05, 4.69) is 20.6 Å². The lowest BCUT2D eigenvalue weighted by atomic mass is 9.92. The second-order valence-electron chi connectivity index (χ2n) is 7.85. The molecule has 5 nitrogen and oxygen atoms in total. The van der Waals surface area contributed by atoms with Gasteiger partial charge < -0.3 is 16.4 Å². The van der Waals surface area contributed by atoms with Crippen LogP contribution in [0.3, 0.4) is 0 Å². The zero-order chi connectivity index (χ0) is 21.8. The summed E-state index contributed by atoms with van der Waals surface area (Å²) in [6.07, 6.45) is 5.71. The summed E-state index contributed by atoms with van der Waals surface area (Å²) in [6.45, 7) is 0.422. The van der Waals surface area contributed by atoms with Crippen molar-refractivity contribution in [3.8, 4) is 11.1 Å². The van der Waals surface area contributed by atoms with Gasteiger partial charge in [0, 0.05) is 30.4 Å². The van der Waals surface area contributed by atoms with Crippen molar-refractivity contribution in [3.63, 3.8) is 0 Å². The van der Waals surface area contributed by atoms with Gasteiger partial charge in [0.05, 0.1) is 5.02 Å². The first-order valence-corrected chi connectivity index (χ1v) is 11.1. The zero-order valence-electron chi connectivity index (χ0n) is 16.9. The Balaban J connectivity index is 1.53. The van der Waals surface area contributed by atoms with Crippen LogP contribution in [0, 0.1) is 5.82 Å². The molecule has 1 aliphatic carbocycles. The Kier molecular flexibility index (Phi) is 6.90. The van der Waals surface area contributed by atoms with Crippen LogP contribution in [-0.4, -0.2) is 22.1 Å². The van der Waals surface area contributed by atoms with Crippen LogP contribution in [0.15, 0.2) is 48.7 Å². The number of nitrogens with one attached hydrogen (secondary N) is 2. The number of rotatable bonds is 6. The van der Waals surface area contributed by atoms with Crippen LogP contribution < -0.4 is 16.4 Å². The minimum Gasteiger partial charge on any atom is -0.367 e. The van der Waals surface area contributed by atoms with Crippen LogP contribution in [0.25, 0.3) is 11.1 Å². The second kappa shape index (κ2) is 9.81. The normalized spacial score (nSPS) is 18.6. The van der Waals surface area contributed by atoms with Crippen LogP contribution in [0.5, 0.6) is 0 Å². The molecule has 4 rings (SSSR count). The van der Waals surface area contributed by atoms with Crippen LogP contribution in [0.2, 0.25) is 10.2 Å². The molecule has 31 heavy (non-hydrogen) atoms. The molecule has 162 valence electrons. The van der Waals surface area contributed by atoms with E-state index >= 15 is 0 Å². The van der Waals surface area contributed by atoms with Crippen molar-refractivity contribution < 1.29 is 4.39 Å². The van der Waals surface area contributed by atoms with Crippen molar-refractivity contribution in [1.82, 2.24) is 9.97 Å². The smallest absolute Gasteiger partial charge is 0.132 e.